The molecule has 9 heteroatoms. The molecule has 0 fully saturated rings. The number of halogens is 3. The van der Waals surface area contributed by atoms with Crippen molar-refractivity contribution in [3.63, 3.8) is 0 Å². The molecule has 0 aliphatic heterocycles. The predicted molar refractivity (Wildman–Crippen MR) is 62.4 cm³/mol. The van der Waals surface area contributed by atoms with E-state index in [1.165, 1.54) is 6.92 Å². The van der Waals surface area contributed by atoms with Crippen LogP contribution in [0.4, 0.5) is 18.9 Å². The number of amides is 1. The molecular formula is C11H11F3N2O4. The summed E-state index contributed by atoms with van der Waals surface area (Å²) in [6, 6.07) is 3.10. The third-order valence-electron chi connectivity index (χ3n) is 2.48. The summed E-state index contributed by atoms with van der Waals surface area (Å²) in [5.41, 5.74) is -1.27. The molecule has 0 radical (unpaired) electrons. The van der Waals surface area contributed by atoms with Gasteiger partial charge in [-0.25, -0.2) is 0 Å². The fourth-order valence-electron chi connectivity index (χ4n) is 1.57. The first kappa shape index (κ1) is 15.7. The lowest BCUT2D eigenvalue weighted by Gasteiger charge is -2.22. The van der Waals surface area contributed by atoms with Gasteiger partial charge in [-0.3, -0.25) is 14.9 Å². The van der Waals surface area contributed by atoms with E-state index in [0.717, 1.165) is 18.2 Å². The number of benzene rings is 1. The summed E-state index contributed by atoms with van der Waals surface area (Å²) >= 11 is 0. The van der Waals surface area contributed by atoms with Crippen LogP contribution in [-0.4, -0.2) is 40.1 Å². The van der Waals surface area contributed by atoms with Crippen molar-refractivity contribution in [3.05, 3.63) is 33.9 Å². The molecule has 0 heterocycles. The molecular weight excluding hydrogens is 281 g/mol. The lowest BCUT2D eigenvalue weighted by Crippen LogP contribution is -2.38. The van der Waals surface area contributed by atoms with E-state index in [0.29, 0.717) is 4.90 Å². The van der Waals surface area contributed by atoms with Crippen molar-refractivity contribution in [2.75, 3.05) is 13.1 Å². The van der Waals surface area contributed by atoms with Gasteiger partial charge in [0.05, 0.1) is 10.5 Å². The number of phenols is 1. The van der Waals surface area contributed by atoms with Crippen LogP contribution in [0.2, 0.25) is 0 Å². The first-order valence-corrected chi connectivity index (χ1v) is 5.49. The molecule has 0 atom stereocenters. The molecule has 110 valence electrons. The molecule has 0 aliphatic carbocycles. The number of rotatable bonds is 4. The number of hydrogen-bond acceptors (Lipinski definition) is 4. The van der Waals surface area contributed by atoms with E-state index in [4.69, 9.17) is 0 Å². The largest absolute Gasteiger partial charge is 0.502 e. The Hall–Kier alpha value is -2.32. The summed E-state index contributed by atoms with van der Waals surface area (Å²) in [5, 5.41) is 20.2. The SMILES string of the molecule is CCN(CC(F)(F)F)C(=O)c1cccc([N+](=O)[O-])c1O. The second kappa shape index (κ2) is 5.76. The highest BCUT2D eigenvalue weighted by Crippen LogP contribution is 2.30. The molecule has 20 heavy (non-hydrogen) atoms. The molecule has 0 aromatic heterocycles. The van der Waals surface area contributed by atoms with Gasteiger partial charge in [0.25, 0.3) is 5.91 Å². The number of alkyl halides is 3. The smallest absolute Gasteiger partial charge is 0.406 e. The normalized spacial score (nSPS) is 11.2. The molecule has 1 amide bonds. The quantitative estimate of drug-likeness (QED) is 0.682. The van der Waals surface area contributed by atoms with E-state index >= 15 is 0 Å². The highest BCUT2D eigenvalue weighted by molar-refractivity contribution is 5.98. The maximum absolute atomic E-state index is 12.3. The average molecular weight is 292 g/mol. The van der Waals surface area contributed by atoms with Crippen molar-refractivity contribution in [2.24, 2.45) is 0 Å². The number of phenolic OH excluding ortho intramolecular Hbond substituents is 1. The Morgan fingerprint density at radius 1 is 1.45 bits per heavy atom. The molecule has 0 unspecified atom stereocenters. The summed E-state index contributed by atoms with van der Waals surface area (Å²) in [5.74, 6) is -2.06. The van der Waals surface area contributed by atoms with Crippen molar-refractivity contribution < 1.29 is 28.0 Å². The van der Waals surface area contributed by atoms with Crippen LogP contribution >= 0.6 is 0 Å². The van der Waals surface area contributed by atoms with Gasteiger partial charge in [-0.1, -0.05) is 6.07 Å². The van der Waals surface area contributed by atoms with E-state index in [1.54, 1.807) is 0 Å². The first-order chi connectivity index (χ1) is 9.17. The summed E-state index contributed by atoms with van der Waals surface area (Å²) < 4.78 is 36.9. The number of nitrogens with zero attached hydrogens (tertiary/aromatic N) is 2. The fraction of sp³-hybridized carbons (Fsp3) is 0.364. The van der Waals surface area contributed by atoms with Crippen LogP contribution in [0.5, 0.6) is 5.75 Å². The lowest BCUT2D eigenvalue weighted by molar-refractivity contribution is -0.385. The second-order valence-electron chi connectivity index (χ2n) is 3.86. The van der Waals surface area contributed by atoms with Crippen LogP contribution in [0, 0.1) is 10.1 Å². The van der Waals surface area contributed by atoms with Gasteiger partial charge in [0.15, 0.2) is 0 Å². The minimum Gasteiger partial charge on any atom is -0.502 e. The summed E-state index contributed by atoms with van der Waals surface area (Å²) in [4.78, 5) is 22.0. The molecule has 0 aliphatic rings. The van der Waals surface area contributed by atoms with Crippen molar-refractivity contribution in [1.82, 2.24) is 4.90 Å². The molecule has 0 spiro atoms. The lowest BCUT2D eigenvalue weighted by atomic mass is 10.1. The summed E-state index contributed by atoms with van der Waals surface area (Å²) in [7, 11) is 0. The van der Waals surface area contributed by atoms with Gasteiger partial charge in [0, 0.05) is 12.6 Å². The third-order valence-corrected chi connectivity index (χ3v) is 2.48. The minimum atomic E-state index is -4.60. The molecule has 6 nitrogen and oxygen atoms in total. The average Bonchev–Trinajstić information content (AvgIpc) is 2.34. The first-order valence-electron chi connectivity index (χ1n) is 5.49. The number of para-hydroxylation sites is 1. The highest BCUT2D eigenvalue weighted by Gasteiger charge is 2.34. The third kappa shape index (κ3) is 3.59. The van der Waals surface area contributed by atoms with Gasteiger partial charge in [-0.15, -0.1) is 0 Å². The monoisotopic (exact) mass is 292 g/mol. The molecule has 0 bridgehead atoms. The molecule has 1 aromatic rings. The summed E-state index contributed by atoms with van der Waals surface area (Å²) in [6.07, 6.45) is -4.60. The van der Waals surface area contributed by atoms with Crippen molar-refractivity contribution in [1.29, 1.82) is 0 Å². The summed E-state index contributed by atoms with van der Waals surface area (Å²) in [6.45, 7) is -0.414. The van der Waals surface area contributed by atoms with Crippen LogP contribution in [0.1, 0.15) is 17.3 Å². The number of aromatic hydroxyl groups is 1. The second-order valence-corrected chi connectivity index (χ2v) is 3.86. The van der Waals surface area contributed by atoms with E-state index < -0.39 is 40.6 Å². The Morgan fingerprint density at radius 2 is 2.05 bits per heavy atom. The molecule has 0 saturated carbocycles. The van der Waals surface area contributed by atoms with Crippen LogP contribution in [-0.2, 0) is 0 Å². The van der Waals surface area contributed by atoms with Gasteiger partial charge in [-0.05, 0) is 13.0 Å². The van der Waals surface area contributed by atoms with E-state index in [-0.39, 0.29) is 6.54 Å². The topological polar surface area (TPSA) is 83.7 Å². The number of nitro groups is 1. The Morgan fingerprint density at radius 3 is 2.50 bits per heavy atom. The predicted octanol–water partition coefficient (Wildman–Crippen LogP) is 2.32. The number of carbonyl (C=O) groups is 1. The maximum atomic E-state index is 12.3. The zero-order valence-corrected chi connectivity index (χ0v) is 10.3. The molecule has 1 rings (SSSR count). The Kier molecular flexibility index (Phi) is 4.53. The van der Waals surface area contributed by atoms with E-state index in [1.807, 2.05) is 0 Å². The fourth-order valence-corrected chi connectivity index (χ4v) is 1.57. The molecule has 1 N–H and O–H groups in total. The van der Waals surface area contributed by atoms with Gasteiger partial charge >= 0.3 is 11.9 Å². The number of carbonyl (C=O) groups excluding carboxylic acids is 1. The molecule has 1 aromatic carbocycles. The van der Waals surface area contributed by atoms with Gasteiger partial charge < -0.3 is 10.0 Å². The van der Waals surface area contributed by atoms with Gasteiger partial charge in [-0.2, -0.15) is 13.2 Å². The van der Waals surface area contributed by atoms with Crippen molar-refractivity contribution >= 4 is 11.6 Å². The van der Waals surface area contributed by atoms with Crippen molar-refractivity contribution in [3.8, 4) is 5.75 Å². The van der Waals surface area contributed by atoms with Crippen LogP contribution in [0.3, 0.4) is 0 Å². The zero-order valence-electron chi connectivity index (χ0n) is 10.3. The standard InChI is InChI=1S/C11H11F3N2O4/c1-2-15(6-11(12,13)14)10(18)7-4-3-5-8(9(7)17)16(19)20/h3-5,17H,2,6H2,1H3. The Bertz CT molecular complexity index is 531. The zero-order chi connectivity index (χ0) is 15.5. The maximum Gasteiger partial charge on any atom is 0.406 e. The van der Waals surface area contributed by atoms with Crippen LogP contribution in [0.15, 0.2) is 18.2 Å². The van der Waals surface area contributed by atoms with Gasteiger partial charge in [0.2, 0.25) is 5.75 Å². The van der Waals surface area contributed by atoms with E-state index in [2.05, 4.69) is 0 Å². The molecule has 0 saturated heterocycles. The highest BCUT2D eigenvalue weighted by atomic mass is 19.4. The minimum absolute atomic E-state index is 0.250. The van der Waals surface area contributed by atoms with Crippen LogP contribution < -0.4 is 0 Å². The Labute approximate surface area is 111 Å². The van der Waals surface area contributed by atoms with E-state index in [9.17, 15) is 33.2 Å². The van der Waals surface area contributed by atoms with Gasteiger partial charge in [0.1, 0.15) is 6.54 Å². The van der Waals surface area contributed by atoms with Crippen LogP contribution in [0.25, 0.3) is 0 Å². The number of nitro benzene ring substituents is 1. The Balaban J connectivity index is 3.14. The van der Waals surface area contributed by atoms with Crippen molar-refractivity contribution in [2.45, 2.75) is 13.1 Å². The number of hydrogen-bond donors (Lipinski definition) is 1.